The van der Waals surface area contributed by atoms with Crippen LogP contribution in [-0.2, 0) is 48.3 Å². The number of rotatable bonds is 0. The summed E-state index contributed by atoms with van der Waals surface area (Å²) >= 11 is 0. The minimum absolute atomic E-state index is 0. The summed E-state index contributed by atoms with van der Waals surface area (Å²) in [5.74, 6) is 0. The summed E-state index contributed by atoms with van der Waals surface area (Å²) in [6.45, 7) is 0. The van der Waals surface area contributed by atoms with Crippen molar-refractivity contribution in [1.82, 2.24) is 0 Å². The third kappa shape index (κ3) is 120000. The van der Waals surface area contributed by atoms with E-state index in [1.54, 1.807) is 0 Å². The summed E-state index contributed by atoms with van der Waals surface area (Å²) < 4.78 is 79.7. The zero-order chi connectivity index (χ0) is 13.5. The fourth-order valence-electron chi connectivity index (χ4n) is 0. The molecule has 16 heavy (non-hydrogen) atoms. The molecule has 0 heterocycles. The molecule has 0 fully saturated rings. The molecule has 0 aliphatic heterocycles. The van der Waals surface area contributed by atoms with Gasteiger partial charge >= 0.3 is 17.4 Å². The van der Waals surface area contributed by atoms with Crippen LogP contribution >= 0.6 is 0 Å². The van der Waals surface area contributed by atoms with Gasteiger partial charge in [0.05, 0.1) is 0 Å². The maximum absolute atomic E-state index is 8.85. The van der Waals surface area contributed by atoms with Crippen LogP contribution in [-0.4, -0.2) is 38.9 Å². The summed E-state index contributed by atoms with van der Waals surface area (Å²) in [6, 6.07) is 0. The fraction of sp³-hybridized carbons (Fsp3) is 0. The summed E-state index contributed by atoms with van der Waals surface area (Å²) in [5.41, 5.74) is 0. The number of hydrogen-bond donors (Lipinski definition) is 3. The Balaban J connectivity index is -0.0000000655. The van der Waals surface area contributed by atoms with Crippen LogP contribution in [0, 0.1) is 0 Å². The predicted molar refractivity (Wildman–Crippen MR) is 41.7 cm³/mol. The molecule has 0 rings (SSSR count). The van der Waals surface area contributed by atoms with Crippen LogP contribution in [0.4, 0.5) is 0 Å². The van der Waals surface area contributed by atoms with Crippen LogP contribution in [0.2, 0.25) is 0 Å². The quantitative estimate of drug-likeness (QED) is 0.357. The minimum atomic E-state index is -4.42. The molecule has 0 amide bonds. The first kappa shape index (κ1) is 25.1. The molecule has 0 aromatic heterocycles. The van der Waals surface area contributed by atoms with Gasteiger partial charge in [-0.25, -0.2) is 40.7 Å². The predicted octanol–water partition coefficient (Wildman–Crippen LogP) is -4.79. The fourth-order valence-corrected chi connectivity index (χ4v) is 0. The Morgan fingerprint density at radius 3 is 0.562 bits per heavy atom. The van der Waals surface area contributed by atoms with Gasteiger partial charge in [-0.2, -0.15) is 0 Å². The van der Waals surface area contributed by atoms with Crippen LogP contribution in [0.25, 0.3) is 0 Å². The Kier molecular flexibility index (Phi) is 14.4. The Morgan fingerprint density at radius 1 is 0.562 bits per heavy atom. The van der Waals surface area contributed by atoms with Crippen molar-refractivity contribution in [2.45, 2.75) is 0 Å². The second kappa shape index (κ2) is 9.20. The Hall–Kier alpha value is 0.142. The van der Waals surface area contributed by atoms with Crippen LogP contribution < -0.4 is 15.4 Å². The largest absolute Gasteiger partial charge is 3.00 e. The van der Waals surface area contributed by atoms with Crippen LogP contribution in [0.5, 0.6) is 0 Å². The molecule has 0 unspecified atom stereocenters. The van der Waals surface area contributed by atoms with Crippen molar-refractivity contribution in [2.75, 3.05) is 0 Å². The molecule has 0 saturated carbocycles. The molecule has 0 spiro atoms. The van der Waals surface area contributed by atoms with Crippen LogP contribution in [0.3, 0.4) is 0 Å². The van der Waals surface area contributed by atoms with E-state index in [0.29, 0.717) is 0 Å². The van der Waals surface area contributed by atoms with E-state index in [-0.39, 0.29) is 17.4 Å². The average molecular weight is 340 g/mol. The molecule has 6 N–H and O–H groups in total. The molecule has 0 aliphatic carbocycles. The third-order valence-corrected chi connectivity index (χ3v) is 0. The molecule has 0 aromatic carbocycles. The van der Waals surface area contributed by atoms with Gasteiger partial charge in [-0.1, -0.05) is 0 Å². The van der Waals surface area contributed by atoms with E-state index in [1.165, 1.54) is 0 Å². The van der Waals surface area contributed by atoms with Crippen LogP contribution in [0.1, 0.15) is 0 Å². The molecule has 12 nitrogen and oxygen atoms in total. The first-order valence-electron chi connectivity index (χ1n) is 2.21. The zero-order valence-corrected chi connectivity index (χ0v) is 10.8. The number of hydrogen-bond acceptors (Lipinski definition) is 9. The van der Waals surface area contributed by atoms with Gasteiger partial charge in [0.25, 0.3) is 0 Å². The van der Waals surface area contributed by atoms with Crippen molar-refractivity contribution < 1.29 is 56.3 Å². The number of nitrogens with two attached hydrogens (primary N) is 3. The topological polar surface area (TPSA) is 250 Å². The van der Waals surface area contributed by atoms with E-state index < -0.39 is 30.9 Å². The maximum atomic E-state index is 8.85. The normalized spacial score (nSPS) is 10.9. The van der Waals surface area contributed by atoms with E-state index in [0.717, 1.165) is 0 Å². The smallest absolute Gasteiger partial charge is 0.736 e. The molecule has 0 atom stereocenters. The summed E-state index contributed by atoms with van der Waals surface area (Å²) in [4.78, 5) is 0. The minimum Gasteiger partial charge on any atom is -0.736 e. The summed E-state index contributed by atoms with van der Waals surface area (Å²) in [6.07, 6.45) is 0. The molecular formula is H6CrN3O9S3. The molecule has 1 radical (unpaired) electrons. The maximum Gasteiger partial charge on any atom is 3.00 e. The SMILES string of the molecule is NS(=O)(=O)[O-].NS(=O)(=O)[O-].NS(=O)(=O)[O-].[Cr+3]. The monoisotopic (exact) mass is 340 g/mol. The van der Waals surface area contributed by atoms with Gasteiger partial charge in [-0.05, 0) is 0 Å². The zero-order valence-electron chi connectivity index (χ0n) is 7.04. The van der Waals surface area contributed by atoms with Gasteiger partial charge in [0.15, 0.2) is 30.9 Å². The summed E-state index contributed by atoms with van der Waals surface area (Å²) in [5, 5.41) is 11.3. The van der Waals surface area contributed by atoms with Gasteiger partial charge in [-0.15, -0.1) is 0 Å². The molecule has 0 saturated heterocycles. The molecule has 0 bridgehead atoms. The Bertz CT molecular complexity index is 347. The van der Waals surface area contributed by atoms with Gasteiger partial charge in [0.2, 0.25) is 0 Å². The van der Waals surface area contributed by atoms with E-state index in [1.807, 2.05) is 0 Å². The van der Waals surface area contributed by atoms with E-state index in [4.69, 9.17) is 38.9 Å². The van der Waals surface area contributed by atoms with Crippen molar-refractivity contribution in [1.29, 1.82) is 0 Å². The Labute approximate surface area is 103 Å². The van der Waals surface area contributed by atoms with Crippen LogP contribution in [0.15, 0.2) is 0 Å². The van der Waals surface area contributed by atoms with Crippen molar-refractivity contribution in [2.24, 2.45) is 15.4 Å². The first-order chi connectivity index (χ1) is 6.00. The van der Waals surface area contributed by atoms with Gasteiger partial charge in [-0.3, -0.25) is 0 Å². The Morgan fingerprint density at radius 2 is 0.562 bits per heavy atom. The van der Waals surface area contributed by atoms with E-state index >= 15 is 0 Å². The first-order valence-corrected chi connectivity index (χ1v) is 6.62. The second-order valence-electron chi connectivity index (χ2n) is 1.48. The van der Waals surface area contributed by atoms with Crippen molar-refractivity contribution >= 4 is 30.9 Å². The molecule has 99 valence electrons. The van der Waals surface area contributed by atoms with Crippen molar-refractivity contribution in [3.05, 3.63) is 0 Å². The molecule has 0 aromatic rings. The van der Waals surface area contributed by atoms with Crippen molar-refractivity contribution in [3.63, 3.8) is 0 Å². The molecule has 16 heteroatoms. The molecular weight excluding hydrogens is 334 g/mol. The summed E-state index contributed by atoms with van der Waals surface area (Å²) in [7, 11) is -13.2. The molecule has 0 aliphatic rings. The third-order valence-electron chi connectivity index (χ3n) is 0. The van der Waals surface area contributed by atoms with Gasteiger partial charge < -0.3 is 13.7 Å². The van der Waals surface area contributed by atoms with Gasteiger partial charge in [0, 0.05) is 0 Å². The van der Waals surface area contributed by atoms with Gasteiger partial charge in [0.1, 0.15) is 0 Å². The van der Waals surface area contributed by atoms with E-state index in [2.05, 4.69) is 15.4 Å². The standard InChI is InChI=1S/Cr.3H3NO3S/c;3*1-5(2,3)4/h;3*(H3,1,2,3,4)/q+3;;;/p-3. The van der Waals surface area contributed by atoms with Crippen molar-refractivity contribution in [3.8, 4) is 0 Å². The second-order valence-corrected chi connectivity index (χ2v) is 4.44. The average Bonchev–Trinajstić information content (AvgIpc) is 1.41. The van der Waals surface area contributed by atoms with E-state index in [9.17, 15) is 0 Å².